The number of nitro groups is 1. The minimum absolute atomic E-state index is 0.0243. The van der Waals surface area contributed by atoms with E-state index in [9.17, 15) is 19.7 Å². The van der Waals surface area contributed by atoms with Crippen molar-refractivity contribution in [1.82, 2.24) is 10.2 Å². The number of non-ortho nitro benzene ring substituents is 1. The summed E-state index contributed by atoms with van der Waals surface area (Å²) in [5.74, 6) is -0.151. The van der Waals surface area contributed by atoms with Crippen LogP contribution in [0.3, 0.4) is 0 Å². The Morgan fingerprint density at radius 1 is 1.20 bits per heavy atom. The van der Waals surface area contributed by atoms with Gasteiger partial charge in [0.25, 0.3) is 5.69 Å². The van der Waals surface area contributed by atoms with E-state index in [4.69, 9.17) is 4.74 Å². The lowest BCUT2D eigenvalue weighted by Gasteiger charge is -2.34. The fourth-order valence-corrected chi connectivity index (χ4v) is 3.19. The quantitative estimate of drug-likeness (QED) is 0.484. The summed E-state index contributed by atoms with van der Waals surface area (Å²) in [5.41, 5.74) is 0.470. The number of nitrogens with one attached hydrogen (secondary N) is 2. The first kappa shape index (κ1) is 17.2. The van der Waals surface area contributed by atoms with E-state index < -0.39 is 4.92 Å². The highest BCUT2D eigenvalue weighted by molar-refractivity contribution is 5.89. The summed E-state index contributed by atoms with van der Waals surface area (Å²) in [6.07, 6.45) is 2.26. The van der Waals surface area contributed by atoms with E-state index in [1.165, 1.54) is 24.3 Å². The second-order valence-electron chi connectivity index (χ2n) is 6.18. The third kappa shape index (κ3) is 4.24. The molecule has 2 N–H and O–H groups in total. The highest BCUT2D eigenvalue weighted by atomic mass is 16.6. The summed E-state index contributed by atoms with van der Waals surface area (Å²) < 4.78 is 5.00. The predicted octanol–water partition coefficient (Wildman–Crippen LogP) is 1.50. The maximum absolute atomic E-state index is 12.0. The van der Waals surface area contributed by atoms with Gasteiger partial charge in [0.05, 0.1) is 11.5 Å². The molecule has 2 amide bonds. The van der Waals surface area contributed by atoms with Gasteiger partial charge in [-0.3, -0.25) is 19.8 Å². The first-order chi connectivity index (χ1) is 12.0. The minimum atomic E-state index is -0.488. The van der Waals surface area contributed by atoms with E-state index in [0.29, 0.717) is 12.3 Å². The van der Waals surface area contributed by atoms with Crippen LogP contribution >= 0.6 is 0 Å². The number of esters is 1. The smallest absolute Gasteiger partial charge is 0.323 e. The molecule has 2 saturated heterocycles. The van der Waals surface area contributed by atoms with E-state index in [1.54, 1.807) is 0 Å². The molecule has 25 heavy (non-hydrogen) atoms. The summed E-state index contributed by atoms with van der Waals surface area (Å²) in [7, 11) is 0. The normalized spacial score (nSPS) is 21.6. The van der Waals surface area contributed by atoms with Crippen molar-refractivity contribution in [3.05, 3.63) is 34.4 Å². The number of cyclic esters (lactones) is 1. The monoisotopic (exact) mass is 348 g/mol. The molecule has 0 bridgehead atoms. The van der Waals surface area contributed by atoms with Crippen LogP contribution in [0, 0.1) is 10.1 Å². The van der Waals surface area contributed by atoms with Gasteiger partial charge in [0.1, 0.15) is 6.04 Å². The number of nitrogens with zero attached hydrogens (tertiary/aromatic N) is 2. The Kier molecular flexibility index (Phi) is 5.13. The Labute approximate surface area is 144 Å². The Morgan fingerprint density at radius 2 is 1.88 bits per heavy atom. The molecular formula is C16H20N4O5. The first-order valence-corrected chi connectivity index (χ1v) is 8.25. The molecule has 0 aliphatic carbocycles. The maximum atomic E-state index is 12.0. The van der Waals surface area contributed by atoms with Crippen molar-refractivity contribution in [3.8, 4) is 0 Å². The van der Waals surface area contributed by atoms with Crippen molar-refractivity contribution in [3.63, 3.8) is 0 Å². The second kappa shape index (κ2) is 7.47. The van der Waals surface area contributed by atoms with Crippen molar-refractivity contribution >= 4 is 23.4 Å². The molecule has 2 heterocycles. The number of amides is 2. The zero-order valence-electron chi connectivity index (χ0n) is 13.6. The Bertz CT molecular complexity index is 655. The van der Waals surface area contributed by atoms with Crippen LogP contribution in [-0.4, -0.2) is 53.6 Å². The molecule has 9 nitrogen and oxygen atoms in total. The van der Waals surface area contributed by atoms with Crippen molar-refractivity contribution in [2.75, 3.05) is 25.0 Å². The molecule has 0 radical (unpaired) electrons. The Hall–Kier alpha value is -2.68. The standard InChI is InChI=1S/C16H20N4O5/c21-15-14(7-10-25-15)19-8-5-12(6-9-19)18-16(22)17-11-1-3-13(4-2-11)20(23)24/h1-4,12,14H,5-10H2,(H2,17,18,22). The van der Waals surface area contributed by atoms with Crippen molar-refractivity contribution in [2.45, 2.75) is 31.3 Å². The molecule has 134 valence electrons. The van der Waals surface area contributed by atoms with Gasteiger partial charge in [0.15, 0.2) is 0 Å². The van der Waals surface area contributed by atoms with E-state index in [2.05, 4.69) is 15.5 Å². The molecule has 1 aromatic carbocycles. The van der Waals surface area contributed by atoms with Crippen LogP contribution in [-0.2, 0) is 9.53 Å². The van der Waals surface area contributed by atoms with Crippen LogP contribution in [0.4, 0.5) is 16.2 Å². The number of benzene rings is 1. The van der Waals surface area contributed by atoms with Gasteiger partial charge in [0, 0.05) is 43.4 Å². The van der Waals surface area contributed by atoms with E-state index >= 15 is 0 Å². The zero-order chi connectivity index (χ0) is 17.8. The molecule has 2 aliphatic heterocycles. The lowest BCUT2D eigenvalue weighted by molar-refractivity contribution is -0.384. The number of anilines is 1. The number of carbonyl (C=O) groups excluding carboxylic acids is 2. The van der Waals surface area contributed by atoms with E-state index in [-0.39, 0.29) is 29.8 Å². The number of rotatable bonds is 4. The van der Waals surface area contributed by atoms with Gasteiger partial charge in [-0.25, -0.2) is 4.79 Å². The van der Waals surface area contributed by atoms with Crippen LogP contribution in [0.15, 0.2) is 24.3 Å². The third-order valence-corrected chi connectivity index (χ3v) is 4.55. The molecule has 2 fully saturated rings. The minimum Gasteiger partial charge on any atom is -0.464 e. The molecular weight excluding hydrogens is 328 g/mol. The number of hydrogen-bond donors (Lipinski definition) is 2. The summed E-state index contributed by atoms with van der Waals surface area (Å²) in [6.45, 7) is 1.96. The van der Waals surface area contributed by atoms with Gasteiger partial charge >= 0.3 is 12.0 Å². The third-order valence-electron chi connectivity index (χ3n) is 4.55. The molecule has 2 aliphatic rings. The number of likely N-dealkylation sites (tertiary alicyclic amines) is 1. The average Bonchev–Trinajstić information content (AvgIpc) is 3.02. The lowest BCUT2D eigenvalue weighted by Crippen LogP contribution is -2.49. The van der Waals surface area contributed by atoms with Crippen LogP contribution in [0.25, 0.3) is 0 Å². The number of carbonyl (C=O) groups is 2. The summed E-state index contributed by atoms with van der Waals surface area (Å²) in [6, 6.07) is 5.22. The fourth-order valence-electron chi connectivity index (χ4n) is 3.19. The topological polar surface area (TPSA) is 114 Å². The summed E-state index contributed by atoms with van der Waals surface area (Å²) in [5, 5.41) is 16.2. The van der Waals surface area contributed by atoms with Gasteiger partial charge in [-0.05, 0) is 25.0 Å². The summed E-state index contributed by atoms with van der Waals surface area (Å²) >= 11 is 0. The first-order valence-electron chi connectivity index (χ1n) is 8.25. The number of piperidine rings is 1. The average molecular weight is 348 g/mol. The molecule has 3 rings (SSSR count). The zero-order valence-corrected chi connectivity index (χ0v) is 13.6. The van der Waals surface area contributed by atoms with Crippen molar-refractivity contribution < 1.29 is 19.2 Å². The number of hydrogen-bond acceptors (Lipinski definition) is 6. The van der Waals surface area contributed by atoms with Crippen molar-refractivity contribution in [2.24, 2.45) is 0 Å². The second-order valence-corrected chi connectivity index (χ2v) is 6.18. The van der Waals surface area contributed by atoms with E-state index in [1.807, 2.05) is 0 Å². The molecule has 9 heteroatoms. The van der Waals surface area contributed by atoms with Gasteiger partial charge in [-0.2, -0.15) is 0 Å². The molecule has 0 saturated carbocycles. The highest BCUT2D eigenvalue weighted by Gasteiger charge is 2.34. The SMILES string of the molecule is O=C(Nc1ccc([N+](=O)[O-])cc1)NC1CCN(C2CCOC2=O)CC1. The summed E-state index contributed by atoms with van der Waals surface area (Å²) in [4.78, 5) is 35.9. The van der Waals surface area contributed by atoms with Crippen LogP contribution < -0.4 is 10.6 Å². The molecule has 0 spiro atoms. The van der Waals surface area contributed by atoms with Gasteiger partial charge in [-0.15, -0.1) is 0 Å². The predicted molar refractivity (Wildman–Crippen MR) is 89.2 cm³/mol. The largest absolute Gasteiger partial charge is 0.464 e. The number of nitro benzene ring substituents is 1. The number of ether oxygens (including phenoxy) is 1. The van der Waals surface area contributed by atoms with Crippen LogP contribution in [0.2, 0.25) is 0 Å². The van der Waals surface area contributed by atoms with Crippen molar-refractivity contribution in [1.29, 1.82) is 0 Å². The molecule has 1 atom stereocenters. The maximum Gasteiger partial charge on any atom is 0.323 e. The van der Waals surface area contributed by atoms with Gasteiger partial charge in [-0.1, -0.05) is 0 Å². The molecule has 0 aromatic heterocycles. The fraction of sp³-hybridized carbons (Fsp3) is 0.500. The van der Waals surface area contributed by atoms with E-state index in [0.717, 1.165) is 32.4 Å². The van der Waals surface area contributed by atoms with Gasteiger partial charge in [0.2, 0.25) is 0 Å². The Balaban J connectivity index is 1.44. The van der Waals surface area contributed by atoms with Crippen LogP contribution in [0.1, 0.15) is 19.3 Å². The van der Waals surface area contributed by atoms with Gasteiger partial charge < -0.3 is 15.4 Å². The molecule has 1 aromatic rings. The lowest BCUT2D eigenvalue weighted by atomic mass is 10.0. The number of urea groups is 1. The Morgan fingerprint density at radius 3 is 2.44 bits per heavy atom. The molecule has 1 unspecified atom stereocenters. The highest BCUT2D eigenvalue weighted by Crippen LogP contribution is 2.20. The van der Waals surface area contributed by atoms with Crippen LogP contribution in [0.5, 0.6) is 0 Å².